The number of hydrogen-bond donors (Lipinski definition) is 1. The molecule has 2 aromatic rings. The van der Waals surface area contributed by atoms with Gasteiger partial charge in [-0.1, -0.05) is 37.3 Å². The molecular formula is C18H23NOS. The smallest absolute Gasteiger partial charge is 0.0700 e. The Hall–Kier alpha value is -1.03. The fourth-order valence-electron chi connectivity index (χ4n) is 2.77. The lowest BCUT2D eigenvalue weighted by Crippen LogP contribution is -2.30. The van der Waals surface area contributed by atoms with E-state index < -0.39 is 0 Å². The van der Waals surface area contributed by atoms with Crippen LogP contribution >= 0.6 is 11.8 Å². The summed E-state index contributed by atoms with van der Waals surface area (Å²) in [7, 11) is 0. The van der Waals surface area contributed by atoms with Gasteiger partial charge < -0.3 is 10.1 Å². The van der Waals surface area contributed by atoms with Crippen molar-refractivity contribution < 1.29 is 4.74 Å². The Morgan fingerprint density at radius 2 is 2.10 bits per heavy atom. The summed E-state index contributed by atoms with van der Waals surface area (Å²) in [6, 6.07) is 15.3. The quantitative estimate of drug-likeness (QED) is 0.812. The van der Waals surface area contributed by atoms with E-state index in [1.807, 2.05) is 11.8 Å². The van der Waals surface area contributed by atoms with Crippen LogP contribution in [-0.4, -0.2) is 31.1 Å². The zero-order valence-corrected chi connectivity index (χ0v) is 13.4. The summed E-state index contributed by atoms with van der Waals surface area (Å²) in [5.74, 6) is 0. The minimum absolute atomic E-state index is 0.433. The molecule has 1 N–H and O–H groups in total. The zero-order chi connectivity index (χ0) is 14.5. The van der Waals surface area contributed by atoms with E-state index in [4.69, 9.17) is 4.74 Å². The Balaban J connectivity index is 1.49. The van der Waals surface area contributed by atoms with Crippen LogP contribution in [0.4, 0.5) is 0 Å². The van der Waals surface area contributed by atoms with Crippen molar-refractivity contribution in [1.29, 1.82) is 0 Å². The van der Waals surface area contributed by atoms with Gasteiger partial charge in [0.05, 0.1) is 6.10 Å². The summed E-state index contributed by atoms with van der Waals surface area (Å²) in [5, 5.41) is 6.73. The molecule has 2 unspecified atom stereocenters. The second-order valence-corrected chi connectivity index (χ2v) is 7.24. The largest absolute Gasteiger partial charge is 0.377 e. The van der Waals surface area contributed by atoms with E-state index >= 15 is 0 Å². The average Bonchev–Trinajstić information content (AvgIpc) is 3.00. The number of hydrogen-bond acceptors (Lipinski definition) is 3. The van der Waals surface area contributed by atoms with Crippen LogP contribution in [0.5, 0.6) is 0 Å². The van der Waals surface area contributed by atoms with Gasteiger partial charge in [0.15, 0.2) is 0 Å². The molecule has 1 fully saturated rings. The highest BCUT2D eigenvalue weighted by molar-refractivity contribution is 8.00. The lowest BCUT2D eigenvalue weighted by Gasteiger charge is -2.15. The van der Waals surface area contributed by atoms with E-state index in [1.54, 1.807) is 0 Å². The van der Waals surface area contributed by atoms with Crippen molar-refractivity contribution in [3.8, 4) is 0 Å². The molecule has 0 saturated carbocycles. The van der Waals surface area contributed by atoms with Crippen molar-refractivity contribution >= 4 is 22.5 Å². The molecule has 0 aromatic heterocycles. The number of rotatable bonds is 6. The second-order valence-electron chi connectivity index (χ2n) is 5.73. The van der Waals surface area contributed by atoms with Gasteiger partial charge in [-0.05, 0) is 35.7 Å². The Bertz CT molecular complexity index is 580. The first-order chi connectivity index (χ1) is 10.3. The third kappa shape index (κ3) is 4.22. The number of nitrogens with one attached hydrogen (secondary N) is 1. The van der Waals surface area contributed by atoms with Crippen molar-refractivity contribution in [2.75, 3.05) is 19.7 Å². The maximum atomic E-state index is 5.63. The van der Waals surface area contributed by atoms with Crippen LogP contribution in [0.2, 0.25) is 0 Å². The van der Waals surface area contributed by atoms with Gasteiger partial charge in [0.25, 0.3) is 0 Å². The fraction of sp³-hybridized carbons (Fsp3) is 0.444. The van der Waals surface area contributed by atoms with Gasteiger partial charge in [-0.3, -0.25) is 0 Å². The lowest BCUT2D eigenvalue weighted by atomic mass is 10.1. The van der Waals surface area contributed by atoms with Crippen LogP contribution in [0, 0.1) is 0 Å². The monoisotopic (exact) mass is 301 g/mol. The van der Waals surface area contributed by atoms with E-state index in [9.17, 15) is 0 Å². The number of benzene rings is 2. The third-order valence-corrected chi connectivity index (χ3v) is 4.98. The minimum atomic E-state index is 0.433. The summed E-state index contributed by atoms with van der Waals surface area (Å²) >= 11 is 1.94. The molecule has 1 aliphatic heterocycles. The predicted octanol–water partition coefficient (Wildman–Crippen LogP) is 4.09. The van der Waals surface area contributed by atoms with E-state index in [0.717, 1.165) is 19.7 Å². The highest BCUT2D eigenvalue weighted by atomic mass is 32.2. The lowest BCUT2D eigenvalue weighted by molar-refractivity contribution is 0.110. The Morgan fingerprint density at radius 1 is 1.24 bits per heavy atom. The highest BCUT2D eigenvalue weighted by Crippen LogP contribution is 2.26. The van der Waals surface area contributed by atoms with Gasteiger partial charge >= 0.3 is 0 Å². The maximum Gasteiger partial charge on any atom is 0.0700 e. The molecule has 1 aliphatic rings. The summed E-state index contributed by atoms with van der Waals surface area (Å²) in [5.41, 5.74) is 0. The van der Waals surface area contributed by atoms with Crippen LogP contribution in [0.15, 0.2) is 47.4 Å². The molecule has 1 heterocycles. The summed E-state index contributed by atoms with van der Waals surface area (Å²) < 4.78 is 5.63. The molecule has 0 amide bonds. The number of thioether (sulfide) groups is 1. The van der Waals surface area contributed by atoms with Crippen LogP contribution in [0.3, 0.4) is 0 Å². The van der Waals surface area contributed by atoms with E-state index in [2.05, 4.69) is 54.7 Å². The topological polar surface area (TPSA) is 21.3 Å². The van der Waals surface area contributed by atoms with Crippen molar-refractivity contribution in [3.05, 3.63) is 42.5 Å². The standard InChI is InChI=1S/C18H23NOS/c1-14(12-19-13-17-7-4-10-20-17)21-18-9-8-15-5-2-3-6-16(15)11-18/h2-3,5-6,8-9,11,14,17,19H,4,7,10,12-13H2,1H3. The van der Waals surface area contributed by atoms with Crippen molar-refractivity contribution in [1.82, 2.24) is 5.32 Å². The Morgan fingerprint density at radius 3 is 2.90 bits per heavy atom. The third-order valence-electron chi connectivity index (χ3n) is 3.89. The van der Waals surface area contributed by atoms with Crippen LogP contribution < -0.4 is 5.32 Å². The molecular weight excluding hydrogens is 278 g/mol. The molecule has 0 aliphatic carbocycles. The molecule has 0 bridgehead atoms. The summed E-state index contributed by atoms with van der Waals surface area (Å²) in [6.07, 6.45) is 2.86. The zero-order valence-electron chi connectivity index (χ0n) is 12.5. The fourth-order valence-corrected chi connectivity index (χ4v) is 3.78. The first-order valence-corrected chi connectivity index (χ1v) is 8.67. The first kappa shape index (κ1) is 14.9. The summed E-state index contributed by atoms with van der Waals surface area (Å²) in [6.45, 7) is 5.23. The highest BCUT2D eigenvalue weighted by Gasteiger charge is 2.15. The van der Waals surface area contributed by atoms with Crippen molar-refractivity contribution in [3.63, 3.8) is 0 Å². The molecule has 2 nitrogen and oxygen atoms in total. The van der Waals surface area contributed by atoms with Crippen molar-refractivity contribution in [2.24, 2.45) is 0 Å². The molecule has 3 rings (SSSR count). The van der Waals surface area contributed by atoms with E-state index in [-0.39, 0.29) is 0 Å². The molecule has 0 radical (unpaired) electrons. The Kier molecular flexibility index (Phi) is 5.17. The van der Waals surface area contributed by atoms with Crippen molar-refractivity contribution in [2.45, 2.75) is 36.0 Å². The Labute approximate surface area is 131 Å². The molecule has 1 saturated heterocycles. The molecule has 3 heteroatoms. The van der Waals surface area contributed by atoms with Crippen LogP contribution in [-0.2, 0) is 4.74 Å². The minimum Gasteiger partial charge on any atom is -0.377 e. The number of fused-ring (bicyclic) bond motifs is 1. The predicted molar refractivity (Wildman–Crippen MR) is 91.1 cm³/mol. The molecule has 2 atom stereocenters. The van der Waals surface area contributed by atoms with Gasteiger partial charge in [0.2, 0.25) is 0 Å². The van der Waals surface area contributed by atoms with Crippen LogP contribution in [0.1, 0.15) is 19.8 Å². The van der Waals surface area contributed by atoms with Gasteiger partial charge in [-0.25, -0.2) is 0 Å². The first-order valence-electron chi connectivity index (χ1n) is 7.79. The normalized spacial score (nSPS) is 20.0. The second kappa shape index (κ2) is 7.30. The molecule has 0 spiro atoms. The summed E-state index contributed by atoms with van der Waals surface area (Å²) in [4.78, 5) is 1.35. The number of ether oxygens (including phenoxy) is 1. The van der Waals surface area contributed by atoms with Gasteiger partial charge in [0.1, 0.15) is 0 Å². The van der Waals surface area contributed by atoms with E-state index in [0.29, 0.717) is 11.4 Å². The van der Waals surface area contributed by atoms with Gasteiger partial charge in [-0.2, -0.15) is 0 Å². The average molecular weight is 301 g/mol. The molecule has 21 heavy (non-hydrogen) atoms. The SMILES string of the molecule is CC(CNCC1CCCO1)Sc1ccc2ccccc2c1. The molecule has 2 aromatic carbocycles. The molecule has 112 valence electrons. The van der Waals surface area contributed by atoms with Gasteiger partial charge in [0, 0.05) is 29.8 Å². The van der Waals surface area contributed by atoms with Crippen LogP contribution in [0.25, 0.3) is 10.8 Å². The van der Waals surface area contributed by atoms with E-state index in [1.165, 1.54) is 28.5 Å². The maximum absolute atomic E-state index is 5.63. The van der Waals surface area contributed by atoms with Gasteiger partial charge in [-0.15, -0.1) is 11.8 Å².